The van der Waals surface area contributed by atoms with Crippen LogP contribution in [-0.2, 0) is 24.4 Å². The summed E-state index contributed by atoms with van der Waals surface area (Å²) in [6.45, 7) is 0. The Morgan fingerprint density at radius 2 is 1.14 bits per heavy atom. The van der Waals surface area contributed by atoms with E-state index in [2.05, 4.69) is 72.8 Å². The highest BCUT2D eigenvalue weighted by atomic mass is 16.5. The molecule has 4 heteroatoms. The lowest BCUT2D eigenvalue weighted by atomic mass is 9.76. The van der Waals surface area contributed by atoms with Crippen LogP contribution in [0.5, 0.6) is 0 Å². The molecular formula is C31H24O4. The summed E-state index contributed by atoms with van der Waals surface area (Å²) in [5.74, 6) is 1.30. The first-order chi connectivity index (χ1) is 17.3. The van der Waals surface area contributed by atoms with Crippen molar-refractivity contribution in [3.8, 4) is 0 Å². The number of ether oxygens (including phenoxy) is 3. The molecule has 2 aliphatic carbocycles. The van der Waals surface area contributed by atoms with Crippen molar-refractivity contribution >= 4 is 5.78 Å². The van der Waals surface area contributed by atoms with Gasteiger partial charge in [0.15, 0.2) is 5.78 Å². The van der Waals surface area contributed by atoms with Crippen molar-refractivity contribution in [3.05, 3.63) is 118 Å². The monoisotopic (exact) mass is 460 g/mol. The van der Waals surface area contributed by atoms with Crippen molar-refractivity contribution in [3.63, 3.8) is 0 Å². The van der Waals surface area contributed by atoms with Crippen LogP contribution >= 0.6 is 0 Å². The number of hydrogen-bond acceptors (Lipinski definition) is 4. The Balaban J connectivity index is 1.26. The molecule has 0 spiro atoms. The predicted octanol–water partition coefficient (Wildman–Crippen LogP) is 5.54. The van der Waals surface area contributed by atoms with Gasteiger partial charge in [0.1, 0.15) is 5.76 Å². The zero-order valence-corrected chi connectivity index (χ0v) is 19.3. The fraction of sp³-hybridized carbons (Fsp3) is 0.323. The number of Topliss-reactive ketones (excluding diaryl/α,β-unsaturated/α-hetero) is 1. The second kappa shape index (κ2) is 6.13. The highest BCUT2D eigenvalue weighted by Gasteiger charge is 2.82. The van der Waals surface area contributed by atoms with Gasteiger partial charge in [-0.15, -0.1) is 0 Å². The lowest BCUT2D eigenvalue weighted by Crippen LogP contribution is -2.29. The minimum atomic E-state index is -0.383. The van der Waals surface area contributed by atoms with E-state index in [1.807, 2.05) is 6.07 Å². The molecule has 2 saturated heterocycles. The highest BCUT2D eigenvalue weighted by molar-refractivity contribution is 6.05. The van der Waals surface area contributed by atoms with E-state index in [1.54, 1.807) is 7.11 Å². The first-order valence-corrected chi connectivity index (χ1v) is 12.6. The Hall–Kier alpha value is -3.21. The summed E-state index contributed by atoms with van der Waals surface area (Å²) in [5, 5.41) is 0. The second-order valence-corrected chi connectivity index (χ2v) is 10.9. The molecule has 0 radical (unpaired) electrons. The zero-order chi connectivity index (χ0) is 23.1. The summed E-state index contributed by atoms with van der Waals surface area (Å²) in [7, 11) is 1.74. The SMILES string of the molecule is COC1=C(C2(c3ccccc3)C3C4OC(c5ccccc54)C32)C(=O)C2C3OC(c4ccccc43)C12. The van der Waals surface area contributed by atoms with E-state index in [0.717, 1.165) is 11.3 Å². The molecule has 4 aliphatic heterocycles. The molecular weight excluding hydrogens is 436 g/mol. The van der Waals surface area contributed by atoms with E-state index in [1.165, 1.54) is 27.8 Å². The minimum Gasteiger partial charge on any atom is -0.500 e. The van der Waals surface area contributed by atoms with Gasteiger partial charge in [-0.25, -0.2) is 0 Å². The first-order valence-electron chi connectivity index (χ1n) is 12.6. The molecule has 4 nitrogen and oxygen atoms in total. The van der Waals surface area contributed by atoms with Crippen molar-refractivity contribution in [1.29, 1.82) is 0 Å². The van der Waals surface area contributed by atoms with Crippen LogP contribution in [0.4, 0.5) is 0 Å². The molecule has 9 rings (SSSR count). The van der Waals surface area contributed by atoms with Gasteiger partial charge in [0, 0.05) is 22.8 Å². The molecule has 4 bridgehead atoms. The van der Waals surface area contributed by atoms with Crippen LogP contribution < -0.4 is 0 Å². The Morgan fingerprint density at radius 1 is 0.657 bits per heavy atom. The molecule has 35 heavy (non-hydrogen) atoms. The smallest absolute Gasteiger partial charge is 0.170 e. The molecule has 0 N–H and O–H groups in total. The molecule has 3 fully saturated rings. The number of carbonyl (C=O) groups is 1. The molecule has 0 amide bonds. The quantitative estimate of drug-likeness (QED) is 0.515. The van der Waals surface area contributed by atoms with Gasteiger partial charge in [0.25, 0.3) is 0 Å². The summed E-state index contributed by atoms with van der Waals surface area (Å²) in [4.78, 5) is 14.5. The molecule has 8 atom stereocenters. The first kappa shape index (κ1) is 19.0. The molecule has 0 aromatic heterocycles. The summed E-state index contributed by atoms with van der Waals surface area (Å²) in [6, 6.07) is 27.6. The van der Waals surface area contributed by atoms with E-state index in [4.69, 9.17) is 14.2 Å². The maximum atomic E-state index is 14.5. The summed E-state index contributed by atoms with van der Waals surface area (Å²) >= 11 is 0. The third-order valence-electron chi connectivity index (χ3n) is 9.81. The highest BCUT2D eigenvalue weighted by Crippen LogP contribution is 2.82. The van der Waals surface area contributed by atoms with Crippen LogP contribution in [0.2, 0.25) is 0 Å². The van der Waals surface area contributed by atoms with Crippen LogP contribution in [0.25, 0.3) is 0 Å². The fourth-order valence-electron chi connectivity index (χ4n) is 8.73. The van der Waals surface area contributed by atoms with Gasteiger partial charge in [0.2, 0.25) is 0 Å². The van der Waals surface area contributed by atoms with E-state index in [0.29, 0.717) is 0 Å². The molecule has 8 unspecified atom stereocenters. The van der Waals surface area contributed by atoms with Crippen molar-refractivity contribution in [1.82, 2.24) is 0 Å². The number of hydrogen-bond donors (Lipinski definition) is 0. The zero-order valence-electron chi connectivity index (χ0n) is 19.3. The number of fused-ring (bicyclic) bond motifs is 16. The topological polar surface area (TPSA) is 44.8 Å². The van der Waals surface area contributed by atoms with E-state index < -0.39 is 0 Å². The molecule has 172 valence electrons. The largest absolute Gasteiger partial charge is 0.500 e. The molecule has 3 aromatic carbocycles. The van der Waals surface area contributed by atoms with E-state index in [9.17, 15) is 4.79 Å². The maximum absolute atomic E-state index is 14.5. The third-order valence-corrected chi connectivity index (χ3v) is 9.81. The maximum Gasteiger partial charge on any atom is 0.170 e. The lowest BCUT2D eigenvalue weighted by Gasteiger charge is -2.27. The van der Waals surface area contributed by atoms with Crippen LogP contribution in [0, 0.1) is 23.7 Å². The van der Waals surface area contributed by atoms with E-state index >= 15 is 0 Å². The normalized spacial score (nSPS) is 40.5. The standard InChI is InChI=1S/C31H24O4/c1-33-30-21-20(26-16-11-5-6-12-17(16)27(21)34-26)25(32)24(30)31(15-9-3-2-4-10-15)22-23(31)29-19-14-8-7-13-18(19)28(22)35-29/h2-14,20-23,26-29H,1H3. The Morgan fingerprint density at radius 3 is 1.71 bits per heavy atom. The Kier molecular flexibility index (Phi) is 3.33. The van der Waals surface area contributed by atoms with Crippen molar-refractivity contribution < 1.29 is 19.0 Å². The minimum absolute atomic E-state index is 0.0189. The number of rotatable bonds is 3. The Labute approximate surface area is 203 Å². The van der Waals surface area contributed by atoms with Crippen molar-refractivity contribution in [2.45, 2.75) is 29.8 Å². The van der Waals surface area contributed by atoms with Gasteiger partial charge in [-0.3, -0.25) is 4.79 Å². The van der Waals surface area contributed by atoms with Crippen LogP contribution in [0.15, 0.2) is 90.2 Å². The number of methoxy groups -OCH3 is 1. The molecule has 4 heterocycles. The van der Waals surface area contributed by atoms with Gasteiger partial charge in [-0.1, -0.05) is 78.9 Å². The van der Waals surface area contributed by atoms with Crippen LogP contribution in [0.3, 0.4) is 0 Å². The summed E-state index contributed by atoms with van der Waals surface area (Å²) in [6.07, 6.45) is -0.266. The van der Waals surface area contributed by atoms with Gasteiger partial charge in [-0.05, 0) is 27.8 Å². The third kappa shape index (κ3) is 1.94. The predicted molar refractivity (Wildman–Crippen MR) is 127 cm³/mol. The summed E-state index contributed by atoms with van der Waals surface area (Å²) < 4.78 is 19.2. The average Bonchev–Trinajstić information content (AvgIpc) is 3.45. The summed E-state index contributed by atoms with van der Waals surface area (Å²) in [5.41, 5.74) is 6.69. The van der Waals surface area contributed by atoms with Gasteiger partial charge in [0.05, 0.1) is 43.4 Å². The molecule has 6 aliphatic rings. The molecule has 3 aromatic rings. The lowest BCUT2D eigenvalue weighted by molar-refractivity contribution is -0.121. The second-order valence-electron chi connectivity index (χ2n) is 10.9. The van der Waals surface area contributed by atoms with Crippen molar-refractivity contribution in [2.24, 2.45) is 23.7 Å². The number of benzene rings is 3. The van der Waals surface area contributed by atoms with Gasteiger partial charge < -0.3 is 14.2 Å². The van der Waals surface area contributed by atoms with Gasteiger partial charge >= 0.3 is 0 Å². The number of allylic oxidation sites excluding steroid dienone is 1. The van der Waals surface area contributed by atoms with Crippen LogP contribution in [-0.4, -0.2) is 12.9 Å². The van der Waals surface area contributed by atoms with Crippen molar-refractivity contribution in [2.75, 3.05) is 7.11 Å². The number of carbonyl (C=O) groups excluding carboxylic acids is 1. The average molecular weight is 461 g/mol. The number of ketones is 1. The molecule has 1 saturated carbocycles. The Bertz CT molecular complexity index is 1440. The fourth-order valence-corrected chi connectivity index (χ4v) is 8.73. The van der Waals surface area contributed by atoms with Gasteiger partial charge in [-0.2, -0.15) is 0 Å². The van der Waals surface area contributed by atoms with Crippen LogP contribution in [0.1, 0.15) is 52.2 Å². The van der Waals surface area contributed by atoms with E-state index in [-0.39, 0.29) is 59.3 Å².